The number of phenolic OH excluding ortho intramolecular Hbond substituents is 1. The molecular formula is C20H18ClN3O2. The molecule has 3 rings (SSSR count). The number of aryl methyl sites for hydroxylation is 1. The maximum atomic E-state index is 12.0. The second kappa shape index (κ2) is 7.45. The van der Waals surface area contributed by atoms with Crippen LogP contribution in [0.15, 0.2) is 59.7 Å². The Morgan fingerprint density at radius 3 is 2.42 bits per heavy atom. The Labute approximate surface area is 156 Å². The number of aromatic nitrogens is 1. The molecule has 5 nitrogen and oxygen atoms in total. The normalized spacial score (nSPS) is 11.0. The van der Waals surface area contributed by atoms with Crippen LogP contribution in [0.3, 0.4) is 0 Å². The van der Waals surface area contributed by atoms with E-state index in [2.05, 4.69) is 15.1 Å². The minimum Gasteiger partial charge on any atom is -0.508 e. The average Bonchev–Trinajstić information content (AvgIpc) is 2.90. The van der Waals surface area contributed by atoms with Gasteiger partial charge in [0.1, 0.15) is 5.75 Å². The van der Waals surface area contributed by atoms with Crippen molar-refractivity contribution in [3.8, 4) is 11.4 Å². The highest BCUT2D eigenvalue weighted by Gasteiger charge is 2.10. The number of hydrogen-bond acceptors (Lipinski definition) is 3. The second-order valence-corrected chi connectivity index (χ2v) is 6.32. The fourth-order valence-corrected chi connectivity index (χ4v) is 2.87. The molecule has 0 radical (unpaired) electrons. The number of carbonyl (C=O) groups is 1. The Kier molecular flexibility index (Phi) is 5.09. The summed E-state index contributed by atoms with van der Waals surface area (Å²) in [7, 11) is 0. The van der Waals surface area contributed by atoms with Crippen LogP contribution in [-0.4, -0.2) is 21.8 Å². The zero-order valence-corrected chi connectivity index (χ0v) is 15.2. The molecule has 0 saturated heterocycles. The van der Waals surface area contributed by atoms with Crippen molar-refractivity contribution >= 4 is 23.7 Å². The molecule has 132 valence electrons. The Morgan fingerprint density at radius 1 is 1.12 bits per heavy atom. The van der Waals surface area contributed by atoms with Gasteiger partial charge in [0.2, 0.25) is 0 Å². The van der Waals surface area contributed by atoms with Gasteiger partial charge in [-0.05, 0) is 68.4 Å². The number of amides is 1. The molecule has 2 aromatic carbocycles. The molecule has 26 heavy (non-hydrogen) atoms. The van der Waals surface area contributed by atoms with Crippen molar-refractivity contribution in [1.29, 1.82) is 0 Å². The van der Waals surface area contributed by atoms with E-state index in [1.54, 1.807) is 6.21 Å². The molecule has 1 heterocycles. The van der Waals surface area contributed by atoms with E-state index in [9.17, 15) is 9.90 Å². The van der Waals surface area contributed by atoms with Crippen molar-refractivity contribution in [2.45, 2.75) is 13.8 Å². The van der Waals surface area contributed by atoms with Crippen molar-refractivity contribution in [1.82, 2.24) is 9.99 Å². The number of carbonyl (C=O) groups excluding carboxylic acids is 1. The minimum atomic E-state index is -0.340. The van der Waals surface area contributed by atoms with Crippen LogP contribution in [0.1, 0.15) is 27.3 Å². The first kappa shape index (κ1) is 17.8. The fourth-order valence-electron chi connectivity index (χ4n) is 2.74. The van der Waals surface area contributed by atoms with Crippen LogP contribution in [0.5, 0.6) is 5.75 Å². The number of phenols is 1. The lowest BCUT2D eigenvalue weighted by molar-refractivity contribution is 0.0955. The summed E-state index contributed by atoms with van der Waals surface area (Å²) < 4.78 is 2.10. The number of halogens is 1. The van der Waals surface area contributed by atoms with Gasteiger partial charge in [0.15, 0.2) is 0 Å². The van der Waals surface area contributed by atoms with Gasteiger partial charge in [0, 0.05) is 33.2 Å². The van der Waals surface area contributed by atoms with Gasteiger partial charge in [-0.25, -0.2) is 5.43 Å². The zero-order valence-electron chi connectivity index (χ0n) is 14.4. The number of benzene rings is 2. The molecule has 3 aromatic rings. The Balaban J connectivity index is 1.77. The highest BCUT2D eigenvalue weighted by Crippen LogP contribution is 2.21. The molecule has 1 amide bonds. The van der Waals surface area contributed by atoms with Gasteiger partial charge in [0.25, 0.3) is 5.91 Å². The van der Waals surface area contributed by atoms with Crippen molar-refractivity contribution in [3.05, 3.63) is 82.1 Å². The van der Waals surface area contributed by atoms with E-state index < -0.39 is 0 Å². The predicted octanol–water partition coefficient (Wildman–Crippen LogP) is 4.22. The number of nitrogens with one attached hydrogen (secondary N) is 1. The first-order valence-electron chi connectivity index (χ1n) is 8.03. The zero-order chi connectivity index (χ0) is 18.7. The van der Waals surface area contributed by atoms with Crippen LogP contribution in [0.2, 0.25) is 5.02 Å². The van der Waals surface area contributed by atoms with Gasteiger partial charge >= 0.3 is 0 Å². The summed E-state index contributed by atoms with van der Waals surface area (Å²) in [5, 5.41) is 14.0. The van der Waals surface area contributed by atoms with Crippen LogP contribution in [0.4, 0.5) is 0 Å². The van der Waals surface area contributed by atoms with Crippen LogP contribution in [0.25, 0.3) is 5.69 Å². The van der Waals surface area contributed by atoms with E-state index in [1.165, 1.54) is 24.3 Å². The van der Waals surface area contributed by atoms with Gasteiger partial charge < -0.3 is 9.67 Å². The maximum absolute atomic E-state index is 12.0. The first-order valence-corrected chi connectivity index (χ1v) is 8.41. The molecule has 0 aliphatic carbocycles. The molecular weight excluding hydrogens is 350 g/mol. The second-order valence-electron chi connectivity index (χ2n) is 5.88. The molecule has 1 aromatic heterocycles. The topological polar surface area (TPSA) is 66.6 Å². The first-order chi connectivity index (χ1) is 12.5. The van der Waals surface area contributed by atoms with Crippen LogP contribution in [-0.2, 0) is 0 Å². The molecule has 0 unspecified atom stereocenters. The number of rotatable bonds is 4. The molecule has 0 aliphatic heterocycles. The Bertz CT molecular complexity index is 958. The largest absolute Gasteiger partial charge is 0.508 e. The molecule has 0 aliphatic rings. The monoisotopic (exact) mass is 367 g/mol. The van der Waals surface area contributed by atoms with E-state index in [-0.39, 0.29) is 11.7 Å². The van der Waals surface area contributed by atoms with E-state index in [0.717, 1.165) is 22.6 Å². The average molecular weight is 368 g/mol. The molecule has 0 spiro atoms. The summed E-state index contributed by atoms with van der Waals surface area (Å²) in [6.45, 7) is 4.00. The number of hydrogen-bond donors (Lipinski definition) is 2. The van der Waals surface area contributed by atoms with Crippen LogP contribution in [0, 0.1) is 13.8 Å². The number of aromatic hydroxyl groups is 1. The van der Waals surface area contributed by atoms with Crippen molar-refractivity contribution in [2.24, 2.45) is 5.10 Å². The minimum absolute atomic E-state index is 0.111. The summed E-state index contributed by atoms with van der Waals surface area (Å²) in [6, 6.07) is 15.6. The molecule has 6 heteroatoms. The van der Waals surface area contributed by atoms with Gasteiger partial charge in [-0.1, -0.05) is 11.6 Å². The van der Waals surface area contributed by atoms with E-state index in [4.69, 9.17) is 11.6 Å². The van der Waals surface area contributed by atoms with Gasteiger partial charge in [-0.2, -0.15) is 5.10 Å². The SMILES string of the molecule is Cc1cc(C=NNC(=O)c2ccc(O)cc2)c(C)n1-c1ccc(Cl)cc1. The molecule has 0 bridgehead atoms. The standard InChI is InChI=1S/C20H18ClN3O2/c1-13-11-16(14(2)24(13)18-7-5-17(21)6-8-18)12-22-23-20(26)15-3-9-19(25)10-4-15/h3-12,25H,1-2H3,(H,23,26). The molecule has 0 atom stereocenters. The van der Waals surface area contributed by atoms with E-state index >= 15 is 0 Å². The highest BCUT2D eigenvalue weighted by molar-refractivity contribution is 6.30. The van der Waals surface area contributed by atoms with Gasteiger partial charge in [0.05, 0.1) is 6.21 Å². The van der Waals surface area contributed by atoms with E-state index in [1.807, 2.05) is 44.2 Å². The van der Waals surface area contributed by atoms with Gasteiger partial charge in [-0.15, -0.1) is 0 Å². The predicted molar refractivity (Wildman–Crippen MR) is 103 cm³/mol. The quantitative estimate of drug-likeness (QED) is 0.535. The van der Waals surface area contributed by atoms with Crippen molar-refractivity contribution in [2.75, 3.05) is 0 Å². The maximum Gasteiger partial charge on any atom is 0.271 e. The van der Waals surface area contributed by atoms with Gasteiger partial charge in [-0.3, -0.25) is 4.79 Å². The van der Waals surface area contributed by atoms with Crippen LogP contribution < -0.4 is 5.43 Å². The summed E-state index contributed by atoms with van der Waals surface area (Å²) in [5.74, 6) is -0.229. The van der Waals surface area contributed by atoms with E-state index in [0.29, 0.717) is 10.6 Å². The number of nitrogens with zero attached hydrogens (tertiary/aromatic N) is 2. The third-order valence-electron chi connectivity index (χ3n) is 4.05. The smallest absolute Gasteiger partial charge is 0.271 e. The van der Waals surface area contributed by atoms with Crippen molar-refractivity contribution < 1.29 is 9.90 Å². The fraction of sp³-hybridized carbons (Fsp3) is 0.100. The summed E-state index contributed by atoms with van der Waals surface area (Å²) in [6.07, 6.45) is 1.62. The third kappa shape index (κ3) is 3.78. The molecule has 0 fully saturated rings. The number of hydrazone groups is 1. The summed E-state index contributed by atoms with van der Waals surface area (Å²) in [5.41, 5.74) is 6.89. The Hall–Kier alpha value is -3.05. The van der Waals surface area contributed by atoms with Crippen LogP contribution >= 0.6 is 11.6 Å². The summed E-state index contributed by atoms with van der Waals surface area (Å²) >= 11 is 5.96. The Morgan fingerprint density at radius 2 is 1.77 bits per heavy atom. The molecule has 0 saturated carbocycles. The summed E-state index contributed by atoms with van der Waals surface area (Å²) in [4.78, 5) is 12.0. The third-order valence-corrected chi connectivity index (χ3v) is 4.31. The lowest BCUT2D eigenvalue weighted by atomic mass is 10.2. The molecule has 2 N–H and O–H groups in total. The van der Waals surface area contributed by atoms with Crippen molar-refractivity contribution in [3.63, 3.8) is 0 Å². The lowest BCUT2D eigenvalue weighted by Crippen LogP contribution is -2.17. The highest BCUT2D eigenvalue weighted by atomic mass is 35.5. The lowest BCUT2D eigenvalue weighted by Gasteiger charge is -2.09.